The van der Waals surface area contributed by atoms with Crippen LogP contribution in [0.5, 0.6) is 0 Å². The number of ketones is 1. The number of carbonyl (C=O) groups excluding carboxylic acids is 1. The normalized spacial score (nSPS) is 15.2. The van der Waals surface area contributed by atoms with E-state index < -0.39 is 0 Å². The maximum atomic E-state index is 12.4. The second kappa shape index (κ2) is 7.76. The van der Waals surface area contributed by atoms with E-state index in [4.69, 9.17) is 0 Å². The lowest BCUT2D eigenvalue weighted by atomic mass is 10.1. The summed E-state index contributed by atoms with van der Waals surface area (Å²) in [5, 5.41) is 3.17. The van der Waals surface area contributed by atoms with Gasteiger partial charge in [-0.3, -0.25) is 14.5 Å². The fourth-order valence-corrected chi connectivity index (χ4v) is 3.65. The fraction of sp³-hybridized carbons (Fsp3) is 0.273. The monoisotopic (exact) mass is 361 g/mol. The third-order valence-corrected chi connectivity index (χ3v) is 5.16. The summed E-state index contributed by atoms with van der Waals surface area (Å²) in [7, 11) is 0. The highest BCUT2D eigenvalue weighted by Gasteiger charge is 2.19. The largest absolute Gasteiger partial charge is 0.307 e. The first-order chi connectivity index (χ1) is 13.2. The topological polar surface area (TPSA) is 45.6 Å². The number of rotatable bonds is 5. The lowest BCUT2D eigenvalue weighted by molar-refractivity contribution is 0.0961. The zero-order chi connectivity index (χ0) is 18.6. The summed E-state index contributed by atoms with van der Waals surface area (Å²) in [5.74, 6) is 0.184. The van der Waals surface area contributed by atoms with Crippen LogP contribution in [0.4, 0.5) is 0 Å². The zero-order valence-corrected chi connectivity index (χ0v) is 15.3. The van der Waals surface area contributed by atoms with Crippen LogP contribution in [0.15, 0.2) is 71.5 Å². The minimum Gasteiger partial charge on any atom is -0.307 e. The molecule has 0 bridgehead atoms. The van der Waals surface area contributed by atoms with Crippen LogP contribution >= 0.6 is 0 Å². The Kier molecular flexibility index (Phi) is 5.03. The molecule has 1 fully saturated rings. The third-order valence-electron chi connectivity index (χ3n) is 5.16. The molecule has 0 unspecified atom stereocenters. The molecule has 138 valence electrons. The number of benzene rings is 2. The highest BCUT2D eigenvalue weighted by Crippen LogP contribution is 2.13. The first-order valence-electron chi connectivity index (χ1n) is 9.39. The molecule has 0 N–H and O–H groups in total. The van der Waals surface area contributed by atoms with E-state index in [-0.39, 0.29) is 11.3 Å². The Morgan fingerprint density at radius 2 is 1.52 bits per heavy atom. The molecule has 1 aromatic heterocycles. The Morgan fingerprint density at radius 3 is 2.30 bits per heavy atom. The molecule has 0 aliphatic carbocycles. The van der Waals surface area contributed by atoms with E-state index in [1.54, 1.807) is 10.7 Å². The van der Waals surface area contributed by atoms with Crippen LogP contribution in [0.2, 0.25) is 0 Å². The smallest absolute Gasteiger partial charge is 0.269 e. The summed E-state index contributed by atoms with van der Waals surface area (Å²) >= 11 is 0. The maximum Gasteiger partial charge on any atom is 0.269 e. The molecule has 5 nitrogen and oxygen atoms in total. The molecular formula is C22H23N3O2. The third kappa shape index (κ3) is 3.78. The molecule has 0 saturated carbocycles. The van der Waals surface area contributed by atoms with Crippen LogP contribution in [0.1, 0.15) is 16.8 Å². The van der Waals surface area contributed by atoms with Gasteiger partial charge in [0.1, 0.15) is 0 Å². The number of aromatic nitrogens is 1. The van der Waals surface area contributed by atoms with E-state index >= 15 is 0 Å². The Balaban J connectivity index is 1.39. The minimum absolute atomic E-state index is 0.00130. The molecule has 2 heterocycles. The second-order valence-electron chi connectivity index (χ2n) is 6.88. The number of fused-ring (bicyclic) bond motifs is 1. The highest BCUT2D eigenvalue weighted by atomic mass is 16.1. The first kappa shape index (κ1) is 17.5. The number of para-hydroxylation sites is 1. The average molecular weight is 361 g/mol. The van der Waals surface area contributed by atoms with Crippen molar-refractivity contribution >= 4 is 16.7 Å². The Morgan fingerprint density at radius 1 is 0.815 bits per heavy atom. The molecule has 1 aliphatic rings. The summed E-state index contributed by atoms with van der Waals surface area (Å²) in [6.45, 7) is 3.99. The fourth-order valence-electron chi connectivity index (χ4n) is 3.65. The van der Waals surface area contributed by atoms with E-state index in [1.165, 1.54) is 0 Å². The standard InChI is InChI=1S/C22H23N3O2/c26-21(19-7-2-1-3-8-19)12-13-23-14-16-24(17-15-23)25-20-9-5-4-6-18(20)10-11-22(25)27/h1-11H,12-17H2. The van der Waals surface area contributed by atoms with Crippen LogP contribution in [-0.2, 0) is 0 Å². The van der Waals surface area contributed by atoms with Crippen LogP contribution in [0.25, 0.3) is 10.9 Å². The van der Waals surface area contributed by atoms with Crippen molar-refractivity contribution in [1.29, 1.82) is 0 Å². The molecule has 1 saturated heterocycles. The molecule has 0 radical (unpaired) electrons. The summed E-state index contributed by atoms with van der Waals surface area (Å²) in [6.07, 6.45) is 0.526. The van der Waals surface area contributed by atoms with Gasteiger partial charge in [0.25, 0.3) is 5.56 Å². The number of pyridine rings is 1. The quantitative estimate of drug-likeness (QED) is 0.655. The van der Waals surface area contributed by atoms with Crippen LogP contribution in [0, 0.1) is 0 Å². The molecule has 4 rings (SSSR count). The minimum atomic E-state index is 0.00130. The highest BCUT2D eigenvalue weighted by molar-refractivity contribution is 5.96. The van der Waals surface area contributed by atoms with Crippen LogP contribution < -0.4 is 10.6 Å². The summed E-state index contributed by atoms with van der Waals surface area (Å²) < 4.78 is 1.79. The van der Waals surface area contributed by atoms with Gasteiger partial charge in [0.2, 0.25) is 0 Å². The molecular weight excluding hydrogens is 338 g/mol. The van der Waals surface area contributed by atoms with Crippen molar-refractivity contribution in [2.24, 2.45) is 0 Å². The van der Waals surface area contributed by atoms with Crippen molar-refractivity contribution < 1.29 is 4.79 Å². The van der Waals surface area contributed by atoms with Gasteiger partial charge in [-0.1, -0.05) is 48.5 Å². The number of hydrogen-bond donors (Lipinski definition) is 0. The van der Waals surface area contributed by atoms with E-state index in [0.29, 0.717) is 6.42 Å². The Labute approximate surface area is 158 Å². The van der Waals surface area contributed by atoms with Gasteiger partial charge >= 0.3 is 0 Å². The summed E-state index contributed by atoms with van der Waals surface area (Å²) in [4.78, 5) is 27.0. The lowest BCUT2D eigenvalue weighted by Crippen LogP contribution is -2.54. The Bertz CT molecular complexity index is 989. The summed E-state index contributed by atoms with van der Waals surface area (Å²) in [5.41, 5.74) is 1.72. The second-order valence-corrected chi connectivity index (χ2v) is 6.88. The van der Waals surface area contributed by atoms with Gasteiger partial charge in [-0.05, 0) is 12.1 Å². The molecule has 2 aromatic carbocycles. The van der Waals surface area contributed by atoms with Gasteiger partial charge in [-0.25, -0.2) is 4.68 Å². The van der Waals surface area contributed by atoms with E-state index in [1.807, 2.05) is 60.7 Å². The van der Waals surface area contributed by atoms with Crippen LogP contribution in [0.3, 0.4) is 0 Å². The molecule has 3 aromatic rings. The molecule has 27 heavy (non-hydrogen) atoms. The SMILES string of the molecule is O=C(CCN1CCN(n2c(=O)ccc3ccccc32)CC1)c1ccccc1. The maximum absolute atomic E-state index is 12.4. The number of Topliss-reactive ketones (excluding diaryl/α,β-unsaturated/α-hetero) is 1. The van der Waals surface area contributed by atoms with Crippen LogP contribution in [-0.4, -0.2) is 48.1 Å². The number of hydrogen-bond acceptors (Lipinski definition) is 4. The molecule has 0 amide bonds. The van der Waals surface area contributed by atoms with Gasteiger partial charge in [0.05, 0.1) is 5.52 Å². The van der Waals surface area contributed by atoms with E-state index in [0.717, 1.165) is 49.2 Å². The molecule has 1 aliphatic heterocycles. The van der Waals surface area contributed by atoms with Gasteiger partial charge in [-0.15, -0.1) is 0 Å². The first-order valence-corrected chi connectivity index (χ1v) is 9.39. The van der Waals surface area contributed by atoms with Crippen molar-refractivity contribution in [1.82, 2.24) is 9.58 Å². The number of nitrogens with zero attached hydrogens (tertiary/aromatic N) is 3. The average Bonchev–Trinajstić information content (AvgIpc) is 2.73. The van der Waals surface area contributed by atoms with Gasteiger partial charge < -0.3 is 5.01 Å². The Hall–Kier alpha value is -2.92. The van der Waals surface area contributed by atoms with Crippen molar-refractivity contribution in [3.63, 3.8) is 0 Å². The molecule has 0 atom stereocenters. The zero-order valence-electron chi connectivity index (χ0n) is 15.3. The number of carbonyl (C=O) groups is 1. The van der Waals surface area contributed by atoms with Gasteiger partial charge in [-0.2, -0.15) is 0 Å². The van der Waals surface area contributed by atoms with Crippen molar-refractivity contribution in [3.05, 3.63) is 82.6 Å². The van der Waals surface area contributed by atoms with Gasteiger partial charge in [0, 0.05) is 56.2 Å². The van der Waals surface area contributed by atoms with Crippen molar-refractivity contribution in [2.45, 2.75) is 6.42 Å². The van der Waals surface area contributed by atoms with Gasteiger partial charge in [0.15, 0.2) is 5.78 Å². The predicted molar refractivity (Wildman–Crippen MR) is 108 cm³/mol. The molecule has 0 spiro atoms. The summed E-state index contributed by atoms with van der Waals surface area (Å²) in [6, 6.07) is 20.9. The van der Waals surface area contributed by atoms with Crippen molar-refractivity contribution in [3.8, 4) is 0 Å². The van der Waals surface area contributed by atoms with E-state index in [2.05, 4.69) is 9.91 Å². The molecule has 5 heteroatoms. The van der Waals surface area contributed by atoms with E-state index in [9.17, 15) is 9.59 Å². The predicted octanol–water partition coefficient (Wildman–Crippen LogP) is 2.53. The lowest BCUT2D eigenvalue weighted by Gasteiger charge is -2.37. The van der Waals surface area contributed by atoms with Crippen molar-refractivity contribution in [2.75, 3.05) is 37.7 Å². The number of piperazine rings is 1.